The third-order valence-electron chi connectivity index (χ3n) is 3.44. The van der Waals surface area contributed by atoms with Gasteiger partial charge in [-0.2, -0.15) is 0 Å². The SMILES string of the molecule is COc1cccc(Sc2ccc(CNC3CC3)cc2F)c1. The van der Waals surface area contributed by atoms with Crippen molar-refractivity contribution in [3.8, 4) is 5.75 Å². The number of hydrogen-bond donors (Lipinski definition) is 1. The van der Waals surface area contributed by atoms with Gasteiger partial charge in [0.15, 0.2) is 0 Å². The van der Waals surface area contributed by atoms with Crippen LogP contribution >= 0.6 is 11.8 Å². The molecule has 1 aliphatic rings. The van der Waals surface area contributed by atoms with Gasteiger partial charge in [-0.05, 0) is 48.7 Å². The molecule has 0 spiro atoms. The summed E-state index contributed by atoms with van der Waals surface area (Å²) < 4.78 is 19.4. The highest BCUT2D eigenvalue weighted by molar-refractivity contribution is 7.99. The summed E-state index contributed by atoms with van der Waals surface area (Å²) in [5, 5.41) is 3.39. The molecule has 0 unspecified atom stereocenters. The monoisotopic (exact) mass is 303 g/mol. The second-order valence-corrected chi connectivity index (χ2v) is 6.32. The molecule has 0 aromatic heterocycles. The Hall–Kier alpha value is -1.52. The van der Waals surface area contributed by atoms with Crippen LogP contribution in [-0.2, 0) is 6.54 Å². The Balaban J connectivity index is 1.69. The van der Waals surface area contributed by atoms with E-state index in [4.69, 9.17) is 4.74 Å². The molecule has 1 saturated carbocycles. The lowest BCUT2D eigenvalue weighted by atomic mass is 10.2. The van der Waals surface area contributed by atoms with Gasteiger partial charge in [-0.15, -0.1) is 0 Å². The molecule has 2 aromatic rings. The molecule has 1 fully saturated rings. The van der Waals surface area contributed by atoms with Gasteiger partial charge >= 0.3 is 0 Å². The number of rotatable bonds is 6. The second-order valence-electron chi connectivity index (χ2n) is 5.20. The Labute approximate surface area is 128 Å². The van der Waals surface area contributed by atoms with Crippen molar-refractivity contribution in [2.45, 2.75) is 35.2 Å². The first-order chi connectivity index (χ1) is 10.2. The van der Waals surface area contributed by atoms with Crippen LogP contribution in [0, 0.1) is 5.82 Å². The number of halogens is 1. The maximum atomic E-state index is 14.2. The van der Waals surface area contributed by atoms with E-state index in [1.54, 1.807) is 13.2 Å². The molecule has 0 saturated heterocycles. The fourth-order valence-corrected chi connectivity index (χ4v) is 2.95. The Morgan fingerprint density at radius 1 is 1.24 bits per heavy atom. The molecule has 3 rings (SSSR count). The molecular formula is C17H18FNOS. The van der Waals surface area contributed by atoms with Gasteiger partial charge in [0.25, 0.3) is 0 Å². The van der Waals surface area contributed by atoms with E-state index in [0.29, 0.717) is 10.9 Å². The molecule has 2 aromatic carbocycles. The molecule has 1 N–H and O–H groups in total. The number of nitrogens with one attached hydrogen (secondary N) is 1. The fourth-order valence-electron chi connectivity index (χ4n) is 2.08. The van der Waals surface area contributed by atoms with Crippen LogP contribution in [0.3, 0.4) is 0 Å². The van der Waals surface area contributed by atoms with Gasteiger partial charge in [-0.3, -0.25) is 0 Å². The molecule has 0 bridgehead atoms. The smallest absolute Gasteiger partial charge is 0.137 e. The second kappa shape index (κ2) is 6.50. The average molecular weight is 303 g/mol. The van der Waals surface area contributed by atoms with Crippen LogP contribution in [0.2, 0.25) is 0 Å². The highest BCUT2D eigenvalue weighted by Gasteiger charge is 2.20. The third kappa shape index (κ3) is 3.99. The van der Waals surface area contributed by atoms with Crippen LogP contribution in [0.15, 0.2) is 52.3 Å². The van der Waals surface area contributed by atoms with Gasteiger partial charge in [-0.25, -0.2) is 4.39 Å². The van der Waals surface area contributed by atoms with Crippen molar-refractivity contribution in [2.75, 3.05) is 7.11 Å². The van der Waals surface area contributed by atoms with Crippen molar-refractivity contribution in [1.82, 2.24) is 5.32 Å². The van der Waals surface area contributed by atoms with Crippen molar-refractivity contribution in [1.29, 1.82) is 0 Å². The normalized spacial score (nSPS) is 14.2. The van der Waals surface area contributed by atoms with E-state index in [0.717, 1.165) is 22.8 Å². The van der Waals surface area contributed by atoms with Gasteiger partial charge in [0.1, 0.15) is 11.6 Å². The van der Waals surface area contributed by atoms with E-state index in [1.165, 1.54) is 24.6 Å². The first-order valence-electron chi connectivity index (χ1n) is 7.08. The molecule has 2 nitrogen and oxygen atoms in total. The largest absolute Gasteiger partial charge is 0.497 e. The summed E-state index contributed by atoms with van der Waals surface area (Å²) in [7, 11) is 1.63. The quantitative estimate of drug-likeness (QED) is 0.862. The topological polar surface area (TPSA) is 21.3 Å². The van der Waals surface area contributed by atoms with E-state index in [2.05, 4.69) is 5.32 Å². The number of methoxy groups -OCH3 is 1. The summed E-state index contributed by atoms with van der Waals surface area (Å²) in [5.41, 5.74) is 0.995. The molecule has 0 aliphatic heterocycles. The first kappa shape index (κ1) is 14.4. The minimum atomic E-state index is -0.169. The Morgan fingerprint density at radius 2 is 2.10 bits per heavy atom. The summed E-state index contributed by atoms with van der Waals surface area (Å²) in [6.45, 7) is 0.742. The highest BCUT2D eigenvalue weighted by Crippen LogP contribution is 2.32. The predicted molar refractivity (Wildman–Crippen MR) is 83.4 cm³/mol. The summed E-state index contributed by atoms with van der Waals surface area (Å²) in [6.07, 6.45) is 2.48. The fraction of sp³-hybridized carbons (Fsp3) is 0.294. The van der Waals surface area contributed by atoms with Crippen LogP contribution < -0.4 is 10.1 Å². The standard InChI is InChI=1S/C17H18FNOS/c1-20-14-3-2-4-15(10-14)21-17-8-5-12(9-16(17)18)11-19-13-6-7-13/h2-5,8-10,13,19H,6-7,11H2,1H3. The zero-order valence-electron chi connectivity index (χ0n) is 11.9. The van der Waals surface area contributed by atoms with Crippen LogP contribution in [0.4, 0.5) is 4.39 Å². The van der Waals surface area contributed by atoms with Gasteiger partial charge in [0.2, 0.25) is 0 Å². The van der Waals surface area contributed by atoms with Crippen LogP contribution in [0.25, 0.3) is 0 Å². The number of hydrogen-bond acceptors (Lipinski definition) is 3. The Morgan fingerprint density at radius 3 is 2.81 bits per heavy atom. The van der Waals surface area contributed by atoms with Gasteiger partial charge in [0.05, 0.1) is 7.11 Å². The number of benzene rings is 2. The van der Waals surface area contributed by atoms with E-state index in [9.17, 15) is 4.39 Å². The van der Waals surface area contributed by atoms with Crippen molar-refractivity contribution >= 4 is 11.8 Å². The molecule has 21 heavy (non-hydrogen) atoms. The Bertz CT molecular complexity index is 628. The summed E-state index contributed by atoms with van der Waals surface area (Å²) in [4.78, 5) is 1.61. The van der Waals surface area contributed by atoms with E-state index in [-0.39, 0.29) is 5.82 Å². The van der Waals surface area contributed by atoms with E-state index in [1.807, 2.05) is 36.4 Å². The van der Waals surface area contributed by atoms with Gasteiger partial charge < -0.3 is 10.1 Å². The maximum Gasteiger partial charge on any atom is 0.137 e. The number of ether oxygens (including phenoxy) is 1. The summed E-state index contributed by atoms with van der Waals surface area (Å²) in [6, 6.07) is 13.8. The van der Waals surface area contributed by atoms with E-state index >= 15 is 0 Å². The zero-order chi connectivity index (χ0) is 14.7. The van der Waals surface area contributed by atoms with Crippen LogP contribution in [-0.4, -0.2) is 13.2 Å². The molecule has 0 radical (unpaired) electrons. The average Bonchev–Trinajstić information content (AvgIpc) is 3.32. The van der Waals surface area contributed by atoms with Gasteiger partial charge in [0, 0.05) is 22.4 Å². The summed E-state index contributed by atoms with van der Waals surface area (Å²) in [5.74, 6) is 0.614. The predicted octanol–water partition coefficient (Wildman–Crippen LogP) is 4.24. The molecule has 4 heteroatoms. The van der Waals surface area contributed by atoms with E-state index < -0.39 is 0 Å². The maximum absolute atomic E-state index is 14.2. The van der Waals surface area contributed by atoms with Crippen molar-refractivity contribution in [2.24, 2.45) is 0 Å². The molecule has 110 valence electrons. The van der Waals surface area contributed by atoms with Crippen LogP contribution in [0.1, 0.15) is 18.4 Å². The molecular weight excluding hydrogens is 285 g/mol. The summed E-state index contributed by atoms with van der Waals surface area (Å²) >= 11 is 1.41. The molecule has 0 atom stereocenters. The minimum Gasteiger partial charge on any atom is -0.497 e. The third-order valence-corrected chi connectivity index (χ3v) is 4.48. The van der Waals surface area contributed by atoms with Gasteiger partial charge in [-0.1, -0.05) is 23.9 Å². The zero-order valence-corrected chi connectivity index (χ0v) is 12.8. The molecule has 1 aliphatic carbocycles. The lowest BCUT2D eigenvalue weighted by Crippen LogP contribution is -2.15. The minimum absolute atomic E-state index is 0.169. The lowest BCUT2D eigenvalue weighted by molar-refractivity contribution is 0.413. The lowest BCUT2D eigenvalue weighted by Gasteiger charge is -2.08. The van der Waals surface area contributed by atoms with Crippen molar-refractivity contribution in [3.63, 3.8) is 0 Å². The molecule has 0 heterocycles. The first-order valence-corrected chi connectivity index (χ1v) is 7.90. The molecule has 0 amide bonds. The van der Waals surface area contributed by atoms with Crippen molar-refractivity contribution < 1.29 is 9.13 Å². The van der Waals surface area contributed by atoms with Crippen LogP contribution in [0.5, 0.6) is 5.75 Å². The highest BCUT2D eigenvalue weighted by atomic mass is 32.2. The van der Waals surface area contributed by atoms with Crippen molar-refractivity contribution in [3.05, 3.63) is 53.8 Å². The Kier molecular flexibility index (Phi) is 4.46.